The second-order valence-electron chi connectivity index (χ2n) is 0.836. The molecule has 0 atom stereocenters. The van der Waals surface area contributed by atoms with Gasteiger partial charge in [-0.05, 0) is 5.41 Å². The van der Waals surface area contributed by atoms with Crippen LogP contribution in [0.25, 0.3) is 0 Å². The van der Waals surface area contributed by atoms with Crippen LogP contribution in [-0.2, 0) is 0 Å². The van der Waals surface area contributed by atoms with E-state index < -0.39 is 0 Å². The van der Waals surface area contributed by atoms with E-state index in [0.717, 1.165) is 5.75 Å². The van der Waals surface area contributed by atoms with Crippen LogP contribution in [0.2, 0.25) is 0 Å². The van der Waals surface area contributed by atoms with Gasteiger partial charge < -0.3 is 0 Å². The van der Waals surface area contributed by atoms with E-state index in [1.54, 1.807) is 21.6 Å². The third kappa shape index (κ3) is 6.18. The smallest absolute Gasteiger partial charge is 0.0218 e. The van der Waals surface area contributed by atoms with Gasteiger partial charge in [-0.25, -0.2) is 0 Å². The van der Waals surface area contributed by atoms with Gasteiger partial charge in [-0.2, -0.15) is 0 Å². The van der Waals surface area contributed by atoms with Crippen molar-refractivity contribution in [1.82, 2.24) is 0 Å². The maximum absolute atomic E-state index is 3.56. The van der Waals surface area contributed by atoms with Crippen LogP contribution in [0.1, 0.15) is 0 Å². The number of hydrogen-bond donors (Lipinski definition) is 0. The summed E-state index contributed by atoms with van der Waals surface area (Å²) in [7, 11) is 3.38. The molecule has 0 aromatic heterocycles. The Kier molecular flexibility index (Phi) is 6.34. The number of rotatable bonds is 4. The molecule has 2 heteroatoms. The van der Waals surface area contributed by atoms with E-state index in [1.165, 1.54) is 0 Å². The van der Waals surface area contributed by atoms with Crippen LogP contribution in [-0.4, -0.2) is 5.75 Å². The third-order valence-corrected chi connectivity index (χ3v) is 2.19. The lowest BCUT2D eigenvalue weighted by atomic mass is 10.8. The first-order valence-corrected chi connectivity index (χ1v) is 4.30. The molecule has 0 spiro atoms. The first-order chi connectivity index (χ1) is 3.41. The minimum atomic E-state index is 0.997. The van der Waals surface area contributed by atoms with E-state index in [9.17, 15) is 0 Å². The van der Waals surface area contributed by atoms with Gasteiger partial charge >= 0.3 is 0 Å². The molecule has 0 saturated heterocycles. The fourth-order valence-electron chi connectivity index (χ4n) is 0.136. The molecule has 0 bridgehead atoms. The van der Waals surface area contributed by atoms with E-state index in [-0.39, 0.29) is 0 Å². The van der Waals surface area contributed by atoms with Gasteiger partial charge in [0.15, 0.2) is 0 Å². The highest BCUT2D eigenvalue weighted by Crippen LogP contribution is 2.20. The van der Waals surface area contributed by atoms with Crippen molar-refractivity contribution in [2.24, 2.45) is 0 Å². The second kappa shape index (κ2) is 6.18. The quantitative estimate of drug-likeness (QED) is 0.328. The maximum Gasteiger partial charge on any atom is 0.0218 e. The number of hydrogen-bond acceptors (Lipinski definition) is 2. The lowest BCUT2D eigenvalue weighted by molar-refractivity contribution is 1.84. The lowest BCUT2D eigenvalue weighted by Gasteiger charge is -1.83. The normalized spacial score (nSPS) is 8.00. The molecular formula is C5H8S2. The second-order valence-corrected chi connectivity index (χ2v) is 3.22. The molecule has 0 radical (unpaired) electrons. The van der Waals surface area contributed by atoms with Gasteiger partial charge in [0.2, 0.25) is 0 Å². The fourth-order valence-corrected chi connectivity index (χ4v) is 1.22. The molecule has 7 heavy (non-hydrogen) atoms. The average Bonchev–Trinajstić information content (AvgIpc) is 1.69. The summed E-state index contributed by atoms with van der Waals surface area (Å²) < 4.78 is 0. The van der Waals surface area contributed by atoms with Crippen molar-refractivity contribution >= 4 is 21.6 Å². The Hall–Kier alpha value is 0.180. The van der Waals surface area contributed by atoms with E-state index in [2.05, 4.69) is 13.2 Å². The predicted octanol–water partition coefficient (Wildman–Crippen LogP) is 2.70. The summed E-state index contributed by atoms with van der Waals surface area (Å²) in [4.78, 5) is 0. The largest absolute Gasteiger partial charge is 0.102 e. The zero-order valence-electron chi connectivity index (χ0n) is 4.09. The van der Waals surface area contributed by atoms with E-state index in [4.69, 9.17) is 0 Å². The Balaban J connectivity index is 2.68. The molecule has 0 saturated carbocycles. The van der Waals surface area contributed by atoms with Crippen molar-refractivity contribution in [3.63, 3.8) is 0 Å². The summed E-state index contributed by atoms with van der Waals surface area (Å²) in [5.41, 5.74) is 0. The Morgan fingerprint density at radius 1 is 1.43 bits per heavy atom. The molecule has 0 aromatic rings. The van der Waals surface area contributed by atoms with Crippen LogP contribution in [0.3, 0.4) is 0 Å². The van der Waals surface area contributed by atoms with Crippen molar-refractivity contribution in [3.05, 3.63) is 24.6 Å². The Morgan fingerprint density at radius 2 is 2.14 bits per heavy atom. The minimum Gasteiger partial charge on any atom is -0.102 e. The molecule has 0 aliphatic carbocycles. The first-order valence-electron chi connectivity index (χ1n) is 1.92. The lowest BCUT2D eigenvalue weighted by Crippen LogP contribution is -1.56. The van der Waals surface area contributed by atoms with Gasteiger partial charge in [-0.1, -0.05) is 34.2 Å². The van der Waals surface area contributed by atoms with E-state index in [0.29, 0.717) is 0 Å². The van der Waals surface area contributed by atoms with Crippen LogP contribution in [0.5, 0.6) is 0 Å². The van der Waals surface area contributed by atoms with E-state index >= 15 is 0 Å². The summed E-state index contributed by atoms with van der Waals surface area (Å²) in [5.74, 6) is 0.997. The molecule has 0 heterocycles. The summed E-state index contributed by atoms with van der Waals surface area (Å²) in [5, 5.41) is 1.81. The summed E-state index contributed by atoms with van der Waals surface area (Å²) >= 11 is 0. The highest BCUT2D eigenvalue weighted by Gasteiger charge is 1.74. The van der Waals surface area contributed by atoms with Crippen LogP contribution < -0.4 is 0 Å². The maximum atomic E-state index is 3.56. The average molecular weight is 132 g/mol. The van der Waals surface area contributed by atoms with E-state index in [1.807, 2.05) is 11.5 Å². The monoisotopic (exact) mass is 132 g/mol. The predicted molar refractivity (Wildman–Crippen MR) is 40.4 cm³/mol. The minimum absolute atomic E-state index is 0.997. The third-order valence-electron chi connectivity index (χ3n) is 0.322. The standard InChI is InChI=1S/C5H8S2/c1-3-5-7-6-4-2/h3-4H,1-2,5H2. The van der Waals surface area contributed by atoms with Crippen LogP contribution in [0.15, 0.2) is 24.6 Å². The van der Waals surface area contributed by atoms with Gasteiger partial charge in [0.1, 0.15) is 0 Å². The molecule has 0 unspecified atom stereocenters. The zero-order chi connectivity index (χ0) is 5.54. The topological polar surface area (TPSA) is 0 Å². The molecule has 0 aromatic carbocycles. The molecule has 0 aliphatic rings. The summed E-state index contributed by atoms with van der Waals surface area (Å²) in [6, 6.07) is 0. The molecular weight excluding hydrogens is 124 g/mol. The van der Waals surface area contributed by atoms with Gasteiger partial charge in [0.05, 0.1) is 0 Å². The van der Waals surface area contributed by atoms with Crippen LogP contribution in [0, 0.1) is 0 Å². The van der Waals surface area contributed by atoms with Gasteiger partial charge in [0, 0.05) is 5.75 Å². The molecule has 0 amide bonds. The van der Waals surface area contributed by atoms with Gasteiger partial charge in [-0.3, -0.25) is 0 Å². The van der Waals surface area contributed by atoms with Crippen LogP contribution in [0.4, 0.5) is 0 Å². The van der Waals surface area contributed by atoms with Crippen molar-refractivity contribution in [2.75, 3.05) is 5.75 Å². The van der Waals surface area contributed by atoms with Gasteiger partial charge in [0.25, 0.3) is 0 Å². The zero-order valence-corrected chi connectivity index (χ0v) is 5.73. The molecule has 0 aliphatic heterocycles. The summed E-state index contributed by atoms with van der Waals surface area (Å²) in [6.45, 7) is 7.10. The molecule has 0 nitrogen and oxygen atoms in total. The Morgan fingerprint density at radius 3 is 2.57 bits per heavy atom. The molecule has 0 rings (SSSR count). The van der Waals surface area contributed by atoms with Crippen molar-refractivity contribution in [1.29, 1.82) is 0 Å². The summed E-state index contributed by atoms with van der Waals surface area (Å²) in [6.07, 6.45) is 1.88. The SMILES string of the molecule is C=CCSSC=C. The Bertz CT molecular complexity index is 51.1. The van der Waals surface area contributed by atoms with Crippen LogP contribution >= 0.6 is 21.6 Å². The molecule has 0 N–H and O–H groups in total. The Labute approximate surface area is 52.5 Å². The van der Waals surface area contributed by atoms with Crippen molar-refractivity contribution in [3.8, 4) is 0 Å². The molecule has 40 valence electrons. The highest BCUT2D eigenvalue weighted by molar-refractivity contribution is 8.77. The van der Waals surface area contributed by atoms with Crippen molar-refractivity contribution < 1.29 is 0 Å². The van der Waals surface area contributed by atoms with Crippen molar-refractivity contribution in [2.45, 2.75) is 0 Å². The van der Waals surface area contributed by atoms with Gasteiger partial charge in [-0.15, -0.1) is 6.58 Å². The molecule has 0 fully saturated rings. The first kappa shape index (κ1) is 7.18. The highest BCUT2D eigenvalue weighted by atomic mass is 33.1. The fraction of sp³-hybridized carbons (Fsp3) is 0.200.